The van der Waals surface area contributed by atoms with Crippen molar-refractivity contribution in [3.63, 3.8) is 0 Å². The molecular weight excluding hydrogens is 247 g/mol. The first-order valence-electron chi connectivity index (χ1n) is 6.33. The molecule has 1 atom stereocenters. The van der Waals surface area contributed by atoms with Gasteiger partial charge >= 0.3 is 12.1 Å². The lowest BCUT2D eigenvalue weighted by Gasteiger charge is -2.32. The first-order chi connectivity index (χ1) is 8.29. The topological polar surface area (TPSA) is 49.3 Å². The fraction of sp³-hybridized carbons (Fsp3) is 0.917. The van der Waals surface area contributed by atoms with Gasteiger partial charge in [0.15, 0.2) is 0 Å². The van der Waals surface area contributed by atoms with Crippen LogP contribution in [0.2, 0.25) is 0 Å². The molecule has 1 aliphatic carbocycles. The number of halogens is 3. The van der Waals surface area contributed by atoms with Crippen molar-refractivity contribution in [1.82, 2.24) is 5.32 Å². The van der Waals surface area contributed by atoms with Crippen LogP contribution in [0, 0.1) is 5.92 Å². The molecule has 106 valence electrons. The summed E-state index contributed by atoms with van der Waals surface area (Å²) in [5.74, 6) is -2.01. The van der Waals surface area contributed by atoms with Crippen LogP contribution in [0.4, 0.5) is 13.2 Å². The molecule has 0 bridgehead atoms. The van der Waals surface area contributed by atoms with Gasteiger partial charge in [0.05, 0.1) is 5.92 Å². The Morgan fingerprint density at radius 2 is 1.89 bits per heavy atom. The van der Waals surface area contributed by atoms with Gasteiger partial charge < -0.3 is 10.4 Å². The molecule has 2 N–H and O–H groups in total. The van der Waals surface area contributed by atoms with Gasteiger partial charge in [-0.25, -0.2) is 0 Å². The number of carboxylic acids is 1. The van der Waals surface area contributed by atoms with Crippen molar-refractivity contribution in [2.75, 3.05) is 0 Å². The van der Waals surface area contributed by atoms with E-state index in [1.807, 2.05) is 6.92 Å². The molecule has 0 spiro atoms. The van der Waals surface area contributed by atoms with Crippen LogP contribution in [0.25, 0.3) is 0 Å². The Kier molecular flexibility index (Phi) is 5.44. The average Bonchev–Trinajstić information content (AvgIpc) is 2.26. The summed E-state index contributed by atoms with van der Waals surface area (Å²) in [6.07, 6.45) is -2.09. The second-order valence-corrected chi connectivity index (χ2v) is 5.09. The van der Waals surface area contributed by atoms with Crippen LogP contribution in [0.15, 0.2) is 0 Å². The minimum Gasteiger partial charge on any atom is -0.481 e. The van der Waals surface area contributed by atoms with E-state index in [2.05, 4.69) is 5.32 Å². The Labute approximate surface area is 105 Å². The number of rotatable bonds is 5. The summed E-state index contributed by atoms with van der Waals surface area (Å²) in [6.45, 7) is 1.87. The molecule has 0 heterocycles. The summed E-state index contributed by atoms with van der Waals surface area (Å²) in [7, 11) is 0. The number of carbonyl (C=O) groups is 1. The summed E-state index contributed by atoms with van der Waals surface area (Å²) in [5, 5.41) is 11.8. The number of aliphatic carboxylic acids is 1. The third-order valence-corrected chi connectivity index (χ3v) is 3.50. The van der Waals surface area contributed by atoms with Crippen LogP contribution in [-0.4, -0.2) is 29.3 Å². The molecule has 1 fully saturated rings. The molecular formula is C12H20F3NO2. The molecule has 3 nitrogen and oxygen atoms in total. The van der Waals surface area contributed by atoms with Gasteiger partial charge in [0, 0.05) is 18.5 Å². The predicted octanol–water partition coefficient (Wildman–Crippen LogP) is 2.95. The summed E-state index contributed by atoms with van der Waals surface area (Å²) in [6, 6.07) is 0.126. The van der Waals surface area contributed by atoms with E-state index in [1.165, 1.54) is 0 Å². The van der Waals surface area contributed by atoms with Gasteiger partial charge in [0.1, 0.15) is 0 Å². The zero-order valence-corrected chi connectivity index (χ0v) is 10.5. The molecule has 0 aliphatic heterocycles. The van der Waals surface area contributed by atoms with Crippen molar-refractivity contribution < 1.29 is 23.1 Å². The molecule has 1 rings (SSSR count). The Bertz CT molecular complexity index is 273. The van der Waals surface area contributed by atoms with Gasteiger partial charge in [0.25, 0.3) is 0 Å². The van der Waals surface area contributed by atoms with Gasteiger partial charge in [0.2, 0.25) is 0 Å². The third kappa shape index (κ3) is 5.25. The van der Waals surface area contributed by atoms with Crippen LogP contribution in [0.5, 0.6) is 0 Å². The average molecular weight is 267 g/mol. The van der Waals surface area contributed by atoms with E-state index in [4.69, 9.17) is 5.11 Å². The fourth-order valence-electron chi connectivity index (χ4n) is 2.41. The Balaban J connectivity index is 2.25. The maximum atomic E-state index is 12.5. The van der Waals surface area contributed by atoms with Crippen molar-refractivity contribution in [3.05, 3.63) is 0 Å². The Morgan fingerprint density at radius 1 is 1.33 bits per heavy atom. The summed E-state index contributed by atoms with van der Waals surface area (Å²) >= 11 is 0. The zero-order chi connectivity index (χ0) is 13.8. The molecule has 0 radical (unpaired) electrons. The van der Waals surface area contributed by atoms with Gasteiger partial charge in [-0.15, -0.1) is 0 Å². The molecule has 1 unspecified atom stereocenters. The first-order valence-corrected chi connectivity index (χ1v) is 6.33. The standard InChI is InChI=1S/C12H20F3NO2/c1-8(2-7-11(17)18)16-10-5-3-9(4-6-10)12(13,14)15/h8-10,16H,2-7H2,1H3,(H,17,18). The smallest absolute Gasteiger partial charge is 0.391 e. The largest absolute Gasteiger partial charge is 0.481 e. The van der Waals surface area contributed by atoms with Crippen LogP contribution in [0.3, 0.4) is 0 Å². The van der Waals surface area contributed by atoms with Crippen LogP contribution >= 0.6 is 0 Å². The Hall–Kier alpha value is -0.780. The second-order valence-electron chi connectivity index (χ2n) is 5.09. The zero-order valence-electron chi connectivity index (χ0n) is 10.5. The number of hydrogen-bond acceptors (Lipinski definition) is 2. The molecule has 0 saturated heterocycles. The quantitative estimate of drug-likeness (QED) is 0.805. The SMILES string of the molecule is CC(CCC(=O)O)NC1CCC(C(F)(F)F)CC1. The normalized spacial score (nSPS) is 26.9. The maximum absolute atomic E-state index is 12.5. The Morgan fingerprint density at radius 3 is 2.33 bits per heavy atom. The highest BCUT2D eigenvalue weighted by atomic mass is 19.4. The van der Waals surface area contributed by atoms with Crippen LogP contribution < -0.4 is 5.32 Å². The minimum atomic E-state index is -4.07. The van der Waals surface area contributed by atoms with Gasteiger partial charge in [-0.2, -0.15) is 13.2 Å². The minimum absolute atomic E-state index is 0.0357. The summed E-state index contributed by atoms with van der Waals surface area (Å²) < 4.78 is 37.4. The van der Waals surface area contributed by atoms with Crippen LogP contribution in [-0.2, 0) is 4.79 Å². The summed E-state index contributed by atoms with van der Waals surface area (Å²) in [5.41, 5.74) is 0. The van der Waals surface area contributed by atoms with Gasteiger partial charge in [-0.3, -0.25) is 4.79 Å². The lowest BCUT2D eigenvalue weighted by molar-refractivity contribution is -0.182. The molecule has 0 aromatic rings. The highest BCUT2D eigenvalue weighted by Gasteiger charge is 2.41. The first kappa shape index (κ1) is 15.3. The number of nitrogens with one attached hydrogen (secondary N) is 1. The molecule has 0 amide bonds. The van der Waals surface area contributed by atoms with Gasteiger partial charge in [-0.1, -0.05) is 0 Å². The van der Waals surface area contributed by atoms with Crippen molar-refractivity contribution in [2.45, 2.75) is 63.7 Å². The third-order valence-electron chi connectivity index (χ3n) is 3.50. The molecule has 0 aromatic carbocycles. The molecule has 0 aromatic heterocycles. The highest BCUT2D eigenvalue weighted by molar-refractivity contribution is 5.66. The number of alkyl halides is 3. The van der Waals surface area contributed by atoms with E-state index in [0.29, 0.717) is 19.3 Å². The molecule has 1 aliphatic rings. The van der Waals surface area contributed by atoms with E-state index < -0.39 is 18.1 Å². The molecule has 18 heavy (non-hydrogen) atoms. The van der Waals surface area contributed by atoms with E-state index in [0.717, 1.165) is 0 Å². The van der Waals surface area contributed by atoms with Crippen molar-refractivity contribution >= 4 is 5.97 Å². The maximum Gasteiger partial charge on any atom is 0.391 e. The van der Waals surface area contributed by atoms with E-state index >= 15 is 0 Å². The van der Waals surface area contributed by atoms with Crippen molar-refractivity contribution in [3.8, 4) is 0 Å². The fourth-order valence-corrected chi connectivity index (χ4v) is 2.41. The van der Waals surface area contributed by atoms with Gasteiger partial charge in [-0.05, 0) is 39.0 Å². The van der Waals surface area contributed by atoms with Crippen molar-refractivity contribution in [1.29, 1.82) is 0 Å². The summed E-state index contributed by atoms with van der Waals surface area (Å²) in [4.78, 5) is 10.4. The van der Waals surface area contributed by atoms with E-state index in [1.54, 1.807) is 0 Å². The van der Waals surface area contributed by atoms with Crippen LogP contribution in [0.1, 0.15) is 45.4 Å². The highest BCUT2D eigenvalue weighted by Crippen LogP contribution is 2.37. The number of hydrogen-bond donors (Lipinski definition) is 2. The lowest BCUT2D eigenvalue weighted by atomic mass is 9.85. The van der Waals surface area contributed by atoms with E-state index in [9.17, 15) is 18.0 Å². The lowest BCUT2D eigenvalue weighted by Crippen LogP contribution is -2.41. The molecule has 1 saturated carbocycles. The molecule has 6 heteroatoms. The number of carboxylic acid groups (broad SMARTS) is 1. The van der Waals surface area contributed by atoms with Crippen molar-refractivity contribution in [2.24, 2.45) is 5.92 Å². The van der Waals surface area contributed by atoms with E-state index in [-0.39, 0.29) is 31.3 Å². The predicted molar refractivity (Wildman–Crippen MR) is 61.3 cm³/mol. The monoisotopic (exact) mass is 267 g/mol. The second kappa shape index (κ2) is 6.41.